The highest BCUT2D eigenvalue weighted by Gasteiger charge is 2.34. The first kappa shape index (κ1) is 22.3. The van der Waals surface area contributed by atoms with Crippen LogP contribution in [-0.4, -0.2) is 47.4 Å². The fourth-order valence-corrected chi connectivity index (χ4v) is 3.89. The maximum absolute atomic E-state index is 12.8. The molecule has 0 saturated heterocycles. The van der Waals surface area contributed by atoms with Gasteiger partial charge in [0.05, 0.1) is 18.8 Å². The van der Waals surface area contributed by atoms with Crippen molar-refractivity contribution in [3.8, 4) is 0 Å². The fourth-order valence-electron chi connectivity index (χ4n) is 2.62. The number of carbonyl (C=O) groups is 3. The van der Waals surface area contributed by atoms with Crippen LogP contribution in [0, 0.1) is 0 Å². The smallest absolute Gasteiger partial charge is 0.397 e. The van der Waals surface area contributed by atoms with Crippen molar-refractivity contribution >= 4 is 34.2 Å². The van der Waals surface area contributed by atoms with Crippen molar-refractivity contribution < 1.29 is 33.7 Å². The lowest BCUT2D eigenvalue weighted by Crippen LogP contribution is -2.33. The quantitative estimate of drug-likeness (QED) is 0.579. The summed E-state index contributed by atoms with van der Waals surface area (Å²) in [7, 11) is 0. The van der Waals surface area contributed by atoms with E-state index in [1.54, 1.807) is 41.5 Å². The molecule has 0 saturated carbocycles. The Bertz CT molecular complexity index is 770. The summed E-state index contributed by atoms with van der Waals surface area (Å²) in [6.07, 6.45) is -0.165. The summed E-state index contributed by atoms with van der Waals surface area (Å²) in [5.74, 6) is -2.65. The summed E-state index contributed by atoms with van der Waals surface area (Å²) in [5.41, 5.74) is -0.718. The molecule has 0 aromatic carbocycles. The lowest BCUT2D eigenvalue weighted by atomic mass is 10.0. The third-order valence-corrected chi connectivity index (χ3v) is 4.82. The topological polar surface area (TPSA) is 111 Å². The normalized spacial score (nSPS) is 16.9. The molecular formula is C19H27NO7S. The van der Waals surface area contributed by atoms with Crippen LogP contribution in [0.4, 0.5) is 5.00 Å². The lowest BCUT2D eigenvalue weighted by molar-refractivity contribution is -0.161. The zero-order valence-electron chi connectivity index (χ0n) is 17.0. The van der Waals surface area contributed by atoms with Crippen molar-refractivity contribution in [1.29, 1.82) is 0 Å². The Hall–Kier alpha value is -1.97. The van der Waals surface area contributed by atoms with E-state index < -0.39 is 35.2 Å². The number of carbonyl (C=O) groups excluding carboxylic acids is 3. The van der Waals surface area contributed by atoms with Gasteiger partial charge in [-0.15, -0.1) is 11.3 Å². The van der Waals surface area contributed by atoms with Gasteiger partial charge in [0.25, 0.3) is 0 Å². The Balaban J connectivity index is 2.39. The molecule has 2 rings (SSSR count). The zero-order valence-corrected chi connectivity index (χ0v) is 17.8. The van der Waals surface area contributed by atoms with Crippen LogP contribution >= 0.6 is 11.3 Å². The molecule has 0 aliphatic carbocycles. The van der Waals surface area contributed by atoms with Gasteiger partial charge in [0.1, 0.15) is 22.3 Å². The van der Waals surface area contributed by atoms with E-state index in [1.165, 1.54) is 0 Å². The standard InChI is InChI=1S/C19H27NO7S/c1-18(2,3)26-16(23)12-10-7-8-25-11(9-21)13(10)28-15(12)20-14(22)17(24)27-19(4,5)6/h11,21H,7-9H2,1-6H3,(H,20,22). The first-order valence-electron chi connectivity index (χ1n) is 8.98. The van der Waals surface area contributed by atoms with Crippen molar-refractivity contribution in [2.24, 2.45) is 0 Å². The van der Waals surface area contributed by atoms with E-state index in [1.807, 2.05) is 0 Å². The largest absolute Gasteiger partial charge is 0.456 e. The van der Waals surface area contributed by atoms with Crippen molar-refractivity contribution in [1.82, 2.24) is 0 Å². The molecule has 0 spiro atoms. The van der Waals surface area contributed by atoms with Crippen LogP contribution in [0.2, 0.25) is 0 Å². The average Bonchev–Trinajstić information content (AvgIpc) is 2.89. The van der Waals surface area contributed by atoms with Gasteiger partial charge in [0.2, 0.25) is 0 Å². The fraction of sp³-hybridized carbons (Fsp3) is 0.632. The van der Waals surface area contributed by atoms with Gasteiger partial charge in [-0.2, -0.15) is 0 Å². The van der Waals surface area contributed by atoms with Crippen molar-refractivity contribution in [3.63, 3.8) is 0 Å². The predicted octanol–water partition coefficient (Wildman–Crippen LogP) is 2.59. The molecule has 1 unspecified atom stereocenters. The van der Waals surface area contributed by atoms with E-state index in [9.17, 15) is 19.5 Å². The van der Waals surface area contributed by atoms with Gasteiger partial charge in [0, 0.05) is 4.88 Å². The Morgan fingerprint density at radius 3 is 2.29 bits per heavy atom. The van der Waals surface area contributed by atoms with E-state index in [4.69, 9.17) is 14.2 Å². The van der Waals surface area contributed by atoms with Gasteiger partial charge in [-0.25, -0.2) is 9.59 Å². The van der Waals surface area contributed by atoms with Gasteiger partial charge in [-0.3, -0.25) is 4.79 Å². The molecule has 0 bridgehead atoms. The minimum absolute atomic E-state index is 0.180. The molecule has 2 heterocycles. The van der Waals surface area contributed by atoms with Crippen LogP contribution in [-0.2, 0) is 30.2 Å². The maximum Gasteiger partial charge on any atom is 0.397 e. The third kappa shape index (κ3) is 5.52. The number of anilines is 1. The Labute approximate surface area is 168 Å². The summed E-state index contributed by atoms with van der Waals surface area (Å²) in [6, 6.07) is 0. The van der Waals surface area contributed by atoms with E-state index in [-0.39, 0.29) is 17.2 Å². The Morgan fingerprint density at radius 1 is 1.14 bits per heavy atom. The molecule has 1 aromatic heterocycles. The highest BCUT2D eigenvalue weighted by molar-refractivity contribution is 7.17. The van der Waals surface area contributed by atoms with E-state index in [0.29, 0.717) is 23.5 Å². The number of hydrogen-bond donors (Lipinski definition) is 2. The molecule has 2 N–H and O–H groups in total. The Morgan fingerprint density at radius 2 is 1.75 bits per heavy atom. The van der Waals surface area contributed by atoms with Gasteiger partial charge in [-0.05, 0) is 53.5 Å². The number of nitrogens with one attached hydrogen (secondary N) is 1. The summed E-state index contributed by atoms with van der Waals surface area (Å²) in [5, 5.41) is 12.2. The van der Waals surface area contributed by atoms with Crippen LogP contribution in [0.1, 0.15) is 68.4 Å². The lowest BCUT2D eigenvalue weighted by Gasteiger charge is -2.23. The minimum Gasteiger partial charge on any atom is -0.456 e. The van der Waals surface area contributed by atoms with Gasteiger partial charge in [0.15, 0.2) is 0 Å². The van der Waals surface area contributed by atoms with Gasteiger partial charge >= 0.3 is 17.8 Å². The second-order valence-corrected chi connectivity index (χ2v) is 9.45. The first-order valence-corrected chi connectivity index (χ1v) is 9.79. The van der Waals surface area contributed by atoms with Crippen molar-refractivity contribution in [2.45, 2.75) is 65.3 Å². The SMILES string of the molecule is CC(C)(C)OC(=O)C(=O)Nc1sc2c(c1C(=O)OC(C)(C)C)CCOC2CO. The molecule has 1 aliphatic heterocycles. The molecule has 0 radical (unpaired) electrons. The molecule has 1 aromatic rings. The Kier molecular flexibility index (Phi) is 6.52. The minimum atomic E-state index is -1.05. The molecule has 1 atom stereocenters. The number of ether oxygens (including phenoxy) is 3. The number of esters is 2. The van der Waals surface area contributed by atoms with Gasteiger partial charge < -0.3 is 24.6 Å². The van der Waals surface area contributed by atoms with Crippen molar-refractivity contribution in [2.75, 3.05) is 18.5 Å². The van der Waals surface area contributed by atoms with E-state index in [2.05, 4.69) is 5.32 Å². The first-order chi connectivity index (χ1) is 12.8. The molecular weight excluding hydrogens is 386 g/mol. The van der Waals surface area contributed by atoms with E-state index >= 15 is 0 Å². The van der Waals surface area contributed by atoms with Crippen LogP contribution in [0.15, 0.2) is 0 Å². The second kappa shape index (κ2) is 8.18. The molecule has 9 heteroatoms. The van der Waals surface area contributed by atoms with Crippen molar-refractivity contribution in [3.05, 3.63) is 16.0 Å². The van der Waals surface area contributed by atoms with Gasteiger partial charge in [-0.1, -0.05) is 0 Å². The molecule has 0 fully saturated rings. The number of rotatable bonds is 3. The van der Waals surface area contributed by atoms with Crippen LogP contribution in [0.3, 0.4) is 0 Å². The number of aliphatic hydroxyl groups excluding tert-OH is 1. The molecule has 156 valence electrons. The highest BCUT2D eigenvalue weighted by atomic mass is 32.1. The number of thiophene rings is 1. The third-order valence-electron chi connectivity index (χ3n) is 3.58. The van der Waals surface area contributed by atoms with Crippen LogP contribution in [0.5, 0.6) is 0 Å². The molecule has 8 nitrogen and oxygen atoms in total. The summed E-state index contributed by atoms with van der Waals surface area (Å²) in [6.45, 7) is 10.2. The predicted molar refractivity (Wildman–Crippen MR) is 103 cm³/mol. The van der Waals surface area contributed by atoms with E-state index in [0.717, 1.165) is 11.3 Å². The van der Waals surface area contributed by atoms with Crippen LogP contribution in [0.25, 0.3) is 0 Å². The monoisotopic (exact) mass is 413 g/mol. The zero-order chi connectivity index (χ0) is 21.3. The average molecular weight is 413 g/mol. The molecule has 1 aliphatic rings. The number of aliphatic hydroxyl groups is 1. The highest BCUT2D eigenvalue weighted by Crippen LogP contribution is 2.42. The molecule has 1 amide bonds. The van der Waals surface area contributed by atoms with Crippen LogP contribution < -0.4 is 5.32 Å². The maximum atomic E-state index is 12.8. The summed E-state index contributed by atoms with van der Waals surface area (Å²) < 4.78 is 16.1. The number of hydrogen-bond acceptors (Lipinski definition) is 8. The molecule has 28 heavy (non-hydrogen) atoms. The second-order valence-electron chi connectivity index (χ2n) is 8.40. The summed E-state index contributed by atoms with van der Waals surface area (Å²) in [4.78, 5) is 37.8. The number of amides is 1. The number of fused-ring (bicyclic) bond motifs is 1. The summed E-state index contributed by atoms with van der Waals surface area (Å²) >= 11 is 1.09.